The fraction of sp³-hybridized carbons (Fsp3) is 0.381. The monoisotopic (exact) mass is 371 g/mol. The number of benzene rings is 2. The molecule has 0 atom stereocenters. The molecule has 1 N–H and O–H groups in total. The third kappa shape index (κ3) is 4.57. The lowest BCUT2D eigenvalue weighted by molar-refractivity contribution is -0.115. The summed E-state index contributed by atoms with van der Waals surface area (Å²) < 4.78 is 0. The van der Waals surface area contributed by atoms with Crippen LogP contribution in [0.5, 0.6) is 0 Å². The largest absolute Gasteiger partial charge is 0.367 e. The summed E-state index contributed by atoms with van der Waals surface area (Å²) in [6.07, 6.45) is 0.357. The molecule has 2 aromatic carbocycles. The molecule has 4 nitrogen and oxygen atoms in total. The van der Waals surface area contributed by atoms with E-state index in [0.717, 1.165) is 43.1 Å². The van der Waals surface area contributed by atoms with Crippen LogP contribution in [0.1, 0.15) is 16.7 Å². The van der Waals surface area contributed by atoms with Crippen LogP contribution in [0, 0.1) is 13.8 Å². The van der Waals surface area contributed by atoms with Gasteiger partial charge in [-0.25, -0.2) is 0 Å². The number of carbonyl (C=O) groups excluding carboxylic acids is 1. The molecule has 3 rings (SSSR count). The van der Waals surface area contributed by atoms with Crippen LogP contribution in [-0.4, -0.2) is 44.0 Å². The van der Waals surface area contributed by atoms with Gasteiger partial charge in [0.05, 0.1) is 17.8 Å². The van der Waals surface area contributed by atoms with Gasteiger partial charge >= 0.3 is 0 Å². The van der Waals surface area contributed by atoms with Crippen molar-refractivity contribution in [3.05, 3.63) is 58.1 Å². The SMILES string of the molecule is Cc1ccc(CC(=O)Nc2cc(Cl)ccc2N2CCN(C)CC2)cc1C. The number of halogens is 1. The van der Waals surface area contributed by atoms with Crippen LogP contribution >= 0.6 is 11.6 Å². The Morgan fingerprint density at radius 2 is 1.77 bits per heavy atom. The van der Waals surface area contributed by atoms with E-state index >= 15 is 0 Å². The number of carbonyl (C=O) groups is 1. The number of nitrogens with zero attached hydrogens (tertiary/aromatic N) is 2. The van der Waals surface area contributed by atoms with Crippen LogP contribution in [0.4, 0.5) is 11.4 Å². The zero-order chi connectivity index (χ0) is 18.7. The number of likely N-dealkylation sites (N-methyl/N-ethyl adjacent to an activating group) is 1. The van der Waals surface area contributed by atoms with Gasteiger partial charge in [0.15, 0.2) is 0 Å². The number of hydrogen-bond acceptors (Lipinski definition) is 3. The van der Waals surface area contributed by atoms with Gasteiger partial charge in [-0.3, -0.25) is 4.79 Å². The Kier molecular flexibility index (Phi) is 5.84. The van der Waals surface area contributed by atoms with Crippen molar-refractivity contribution in [2.75, 3.05) is 43.4 Å². The van der Waals surface area contributed by atoms with Gasteiger partial charge in [0.2, 0.25) is 5.91 Å². The van der Waals surface area contributed by atoms with E-state index in [9.17, 15) is 4.79 Å². The molecule has 1 aliphatic rings. The third-order valence-electron chi connectivity index (χ3n) is 5.01. The average Bonchev–Trinajstić information content (AvgIpc) is 2.59. The lowest BCUT2D eigenvalue weighted by Crippen LogP contribution is -2.44. The Hall–Kier alpha value is -2.04. The molecule has 0 saturated carbocycles. The molecule has 1 fully saturated rings. The fourth-order valence-corrected chi connectivity index (χ4v) is 3.40. The lowest BCUT2D eigenvalue weighted by atomic mass is 10.0. The van der Waals surface area contributed by atoms with Gasteiger partial charge in [0.25, 0.3) is 0 Å². The van der Waals surface area contributed by atoms with Gasteiger partial charge in [-0.2, -0.15) is 0 Å². The van der Waals surface area contributed by atoms with Crippen molar-refractivity contribution in [1.82, 2.24) is 4.90 Å². The molecule has 0 spiro atoms. The Balaban J connectivity index is 1.74. The highest BCUT2D eigenvalue weighted by Gasteiger charge is 2.18. The minimum Gasteiger partial charge on any atom is -0.367 e. The molecule has 1 saturated heterocycles. The first-order valence-corrected chi connectivity index (χ1v) is 9.39. The Morgan fingerprint density at radius 1 is 1.04 bits per heavy atom. The van der Waals surface area contributed by atoms with Crippen molar-refractivity contribution in [3.63, 3.8) is 0 Å². The topological polar surface area (TPSA) is 35.6 Å². The standard InChI is InChI=1S/C21H26ClN3O/c1-15-4-5-17(12-16(15)2)13-21(26)23-19-14-18(22)6-7-20(19)25-10-8-24(3)9-11-25/h4-7,12,14H,8-11,13H2,1-3H3,(H,23,26). The van der Waals surface area contributed by atoms with E-state index in [2.05, 4.69) is 48.1 Å². The van der Waals surface area contributed by atoms with Crippen molar-refractivity contribution < 1.29 is 4.79 Å². The second-order valence-electron chi connectivity index (χ2n) is 7.10. The number of anilines is 2. The van der Waals surface area contributed by atoms with Crippen molar-refractivity contribution in [2.24, 2.45) is 0 Å². The summed E-state index contributed by atoms with van der Waals surface area (Å²) in [6.45, 7) is 8.06. The average molecular weight is 372 g/mol. The first-order chi connectivity index (χ1) is 12.4. The molecule has 0 unspecified atom stereocenters. The number of rotatable bonds is 4. The highest BCUT2D eigenvalue weighted by atomic mass is 35.5. The molecule has 0 aliphatic carbocycles. The van der Waals surface area contributed by atoms with Crippen LogP contribution in [-0.2, 0) is 11.2 Å². The Bertz CT molecular complexity index is 798. The molecular weight excluding hydrogens is 346 g/mol. The van der Waals surface area contributed by atoms with Crippen LogP contribution in [0.2, 0.25) is 5.02 Å². The first-order valence-electron chi connectivity index (χ1n) is 9.01. The Morgan fingerprint density at radius 3 is 2.46 bits per heavy atom. The van der Waals surface area contributed by atoms with Crippen LogP contribution in [0.3, 0.4) is 0 Å². The van der Waals surface area contributed by atoms with Gasteiger partial charge in [0.1, 0.15) is 0 Å². The van der Waals surface area contributed by atoms with Crippen LogP contribution in [0.15, 0.2) is 36.4 Å². The predicted octanol–water partition coefficient (Wildman–Crippen LogP) is 3.89. The molecule has 0 aromatic heterocycles. The molecular formula is C21H26ClN3O. The van der Waals surface area contributed by atoms with Crippen molar-refractivity contribution in [1.29, 1.82) is 0 Å². The van der Waals surface area contributed by atoms with Gasteiger partial charge in [-0.15, -0.1) is 0 Å². The van der Waals surface area contributed by atoms with Gasteiger partial charge in [-0.05, 0) is 55.8 Å². The number of aryl methyl sites for hydroxylation is 2. The molecule has 26 heavy (non-hydrogen) atoms. The van der Waals surface area contributed by atoms with Crippen LogP contribution < -0.4 is 10.2 Å². The van der Waals surface area contributed by atoms with Crippen molar-refractivity contribution in [3.8, 4) is 0 Å². The molecule has 1 aliphatic heterocycles. The summed E-state index contributed by atoms with van der Waals surface area (Å²) in [4.78, 5) is 17.2. The van der Waals surface area contributed by atoms with E-state index in [1.54, 1.807) is 0 Å². The minimum atomic E-state index is -0.0223. The first kappa shape index (κ1) is 18.7. The highest BCUT2D eigenvalue weighted by molar-refractivity contribution is 6.31. The van der Waals surface area contributed by atoms with Gasteiger partial charge < -0.3 is 15.1 Å². The molecule has 0 bridgehead atoms. The number of piperazine rings is 1. The molecule has 138 valence electrons. The third-order valence-corrected chi connectivity index (χ3v) is 5.25. The van der Waals surface area contributed by atoms with E-state index in [-0.39, 0.29) is 5.91 Å². The predicted molar refractivity (Wildman–Crippen MR) is 109 cm³/mol. The van der Waals surface area contributed by atoms with Crippen molar-refractivity contribution >= 4 is 28.9 Å². The quantitative estimate of drug-likeness (QED) is 0.885. The lowest BCUT2D eigenvalue weighted by Gasteiger charge is -2.35. The number of hydrogen-bond donors (Lipinski definition) is 1. The van der Waals surface area contributed by atoms with Crippen molar-refractivity contribution in [2.45, 2.75) is 20.3 Å². The maximum atomic E-state index is 12.6. The summed E-state index contributed by atoms with van der Waals surface area (Å²) in [5.74, 6) is -0.0223. The van der Waals surface area contributed by atoms with Crippen LogP contribution in [0.25, 0.3) is 0 Å². The van der Waals surface area contributed by atoms with E-state index in [4.69, 9.17) is 11.6 Å². The van der Waals surface area contributed by atoms with Gasteiger partial charge in [0, 0.05) is 31.2 Å². The summed E-state index contributed by atoms with van der Waals surface area (Å²) in [5, 5.41) is 3.69. The maximum absolute atomic E-state index is 12.6. The molecule has 2 aromatic rings. The second kappa shape index (κ2) is 8.11. The highest BCUT2D eigenvalue weighted by Crippen LogP contribution is 2.30. The fourth-order valence-electron chi connectivity index (χ4n) is 3.22. The zero-order valence-corrected chi connectivity index (χ0v) is 16.4. The van der Waals surface area contributed by atoms with E-state index in [1.165, 1.54) is 11.1 Å². The molecule has 1 amide bonds. The second-order valence-corrected chi connectivity index (χ2v) is 7.53. The normalized spacial score (nSPS) is 15.2. The Labute approximate surface area is 160 Å². The zero-order valence-electron chi connectivity index (χ0n) is 15.7. The number of amides is 1. The minimum absolute atomic E-state index is 0.0223. The maximum Gasteiger partial charge on any atom is 0.228 e. The summed E-state index contributed by atoms with van der Waals surface area (Å²) >= 11 is 6.18. The molecule has 5 heteroatoms. The smallest absolute Gasteiger partial charge is 0.228 e. The van der Waals surface area contributed by atoms with E-state index in [0.29, 0.717) is 11.4 Å². The van der Waals surface area contributed by atoms with E-state index < -0.39 is 0 Å². The van der Waals surface area contributed by atoms with E-state index in [1.807, 2.05) is 24.3 Å². The molecule has 0 radical (unpaired) electrons. The number of nitrogens with one attached hydrogen (secondary N) is 1. The summed E-state index contributed by atoms with van der Waals surface area (Å²) in [6, 6.07) is 11.9. The van der Waals surface area contributed by atoms with Gasteiger partial charge in [-0.1, -0.05) is 29.8 Å². The summed E-state index contributed by atoms with van der Waals surface area (Å²) in [7, 11) is 2.13. The summed E-state index contributed by atoms with van der Waals surface area (Å²) in [5.41, 5.74) is 5.29. The molecule has 1 heterocycles.